The monoisotopic (exact) mass is 348 g/mol. The molecule has 2 heterocycles. The number of amides is 1. The van der Waals surface area contributed by atoms with Crippen molar-refractivity contribution in [3.63, 3.8) is 0 Å². The number of nitrogens with zero attached hydrogens (tertiary/aromatic N) is 2. The SMILES string of the molecule is CC(=O)OC[C@H]1CC[C@H]2N=C(N(C(C)=O)c3ccccc3)S[C@H]2O1. The van der Waals surface area contributed by atoms with Crippen molar-refractivity contribution in [2.75, 3.05) is 11.5 Å². The largest absolute Gasteiger partial charge is 0.463 e. The molecule has 0 aromatic heterocycles. The number of benzene rings is 1. The molecule has 3 atom stereocenters. The molecule has 0 saturated carbocycles. The van der Waals surface area contributed by atoms with Gasteiger partial charge < -0.3 is 9.47 Å². The summed E-state index contributed by atoms with van der Waals surface area (Å²) >= 11 is 1.46. The average Bonchev–Trinajstić information content (AvgIpc) is 2.96. The Morgan fingerprint density at radius 2 is 2.04 bits per heavy atom. The van der Waals surface area contributed by atoms with E-state index >= 15 is 0 Å². The predicted molar refractivity (Wildman–Crippen MR) is 92.9 cm³/mol. The van der Waals surface area contributed by atoms with Crippen molar-refractivity contribution in [2.45, 2.75) is 44.3 Å². The maximum Gasteiger partial charge on any atom is 0.302 e. The van der Waals surface area contributed by atoms with Crippen LogP contribution in [0.3, 0.4) is 0 Å². The summed E-state index contributed by atoms with van der Waals surface area (Å²) in [5.41, 5.74) is 0.659. The van der Waals surface area contributed by atoms with Crippen LogP contribution >= 0.6 is 11.8 Å². The fraction of sp³-hybridized carbons (Fsp3) is 0.471. The Balaban J connectivity index is 1.69. The first-order valence-corrected chi connectivity index (χ1v) is 8.81. The van der Waals surface area contributed by atoms with Crippen LogP contribution in [0.15, 0.2) is 35.3 Å². The van der Waals surface area contributed by atoms with E-state index in [0.717, 1.165) is 18.5 Å². The van der Waals surface area contributed by atoms with Crippen molar-refractivity contribution in [2.24, 2.45) is 4.99 Å². The highest BCUT2D eigenvalue weighted by Gasteiger charge is 2.40. The smallest absolute Gasteiger partial charge is 0.302 e. The molecule has 0 N–H and O–H groups in total. The number of hydrogen-bond donors (Lipinski definition) is 0. The molecule has 7 heteroatoms. The Kier molecular flexibility index (Phi) is 5.20. The van der Waals surface area contributed by atoms with Gasteiger partial charge in [0.2, 0.25) is 5.91 Å². The molecule has 0 bridgehead atoms. The Morgan fingerprint density at radius 3 is 2.71 bits per heavy atom. The molecule has 0 spiro atoms. The highest BCUT2D eigenvalue weighted by molar-refractivity contribution is 8.15. The van der Waals surface area contributed by atoms with E-state index in [1.54, 1.807) is 4.90 Å². The van der Waals surface area contributed by atoms with Crippen LogP contribution in [0.1, 0.15) is 26.7 Å². The number of para-hydroxylation sites is 1. The number of amidine groups is 1. The molecular formula is C17H20N2O4S. The Bertz CT molecular complexity index is 649. The van der Waals surface area contributed by atoms with Crippen LogP contribution in [-0.4, -0.2) is 41.2 Å². The summed E-state index contributed by atoms with van der Waals surface area (Å²) in [6, 6.07) is 9.50. The molecule has 1 aromatic rings. The maximum absolute atomic E-state index is 12.1. The molecule has 3 rings (SSSR count). The van der Waals surface area contributed by atoms with E-state index in [0.29, 0.717) is 5.17 Å². The van der Waals surface area contributed by atoms with Gasteiger partial charge in [-0.15, -0.1) is 0 Å². The molecule has 6 nitrogen and oxygen atoms in total. The van der Waals surface area contributed by atoms with Gasteiger partial charge in [-0.2, -0.15) is 0 Å². The Morgan fingerprint density at radius 1 is 1.29 bits per heavy atom. The van der Waals surface area contributed by atoms with Gasteiger partial charge >= 0.3 is 5.97 Å². The van der Waals surface area contributed by atoms with Crippen molar-refractivity contribution in [3.05, 3.63) is 30.3 Å². The predicted octanol–water partition coefficient (Wildman–Crippen LogP) is 2.58. The van der Waals surface area contributed by atoms with Crippen molar-refractivity contribution in [1.82, 2.24) is 0 Å². The van der Waals surface area contributed by atoms with Crippen LogP contribution in [0, 0.1) is 0 Å². The molecule has 1 aromatic carbocycles. The highest BCUT2D eigenvalue weighted by Crippen LogP contribution is 2.38. The van der Waals surface area contributed by atoms with Crippen LogP contribution in [0.25, 0.3) is 0 Å². The molecule has 0 aliphatic carbocycles. The maximum atomic E-state index is 12.1. The van der Waals surface area contributed by atoms with Crippen LogP contribution in [0.4, 0.5) is 5.69 Å². The van der Waals surface area contributed by atoms with Crippen molar-refractivity contribution in [3.8, 4) is 0 Å². The standard InChI is InChI=1S/C17H20N2O4S/c1-11(20)19(13-6-4-3-5-7-13)17-18-15-9-8-14(10-22-12(2)21)23-16(15)24-17/h3-7,14-16H,8-10H2,1-2H3/t14-,15-,16-/m1/s1. The molecule has 1 fully saturated rings. The van der Waals surface area contributed by atoms with E-state index in [1.807, 2.05) is 30.3 Å². The number of carbonyl (C=O) groups excluding carboxylic acids is 2. The first-order chi connectivity index (χ1) is 11.5. The fourth-order valence-corrected chi connectivity index (χ4v) is 4.11. The van der Waals surface area contributed by atoms with Gasteiger partial charge in [-0.05, 0) is 25.0 Å². The third-order valence-corrected chi connectivity index (χ3v) is 5.07. The number of thioether (sulfide) groups is 1. The van der Waals surface area contributed by atoms with Crippen LogP contribution in [-0.2, 0) is 19.1 Å². The average molecular weight is 348 g/mol. The molecule has 128 valence electrons. The van der Waals surface area contributed by atoms with Crippen LogP contribution < -0.4 is 4.90 Å². The van der Waals surface area contributed by atoms with E-state index in [4.69, 9.17) is 9.47 Å². The van der Waals surface area contributed by atoms with E-state index in [2.05, 4.69) is 4.99 Å². The van der Waals surface area contributed by atoms with Crippen molar-refractivity contribution >= 4 is 34.5 Å². The second kappa shape index (κ2) is 7.36. The molecule has 2 aliphatic rings. The minimum atomic E-state index is -0.302. The summed E-state index contributed by atoms with van der Waals surface area (Å²) in [4.78, 5) is 29.4. The lowest BCUT2D eigenvalue weighted by Gasteiger charge is -2.30. The third kappa shape index (κ3) is 3.79. The Labute approximate surface area is 145 Å². The summed E-state index contributed by atoms with van der Waals surface area (Å²) < 4.78 is 11.0. The third-order valence-electron chi connectivity index (χ3n) is 3.92. The minimum Gasteiger partial charge on any atom is -0.463 e. The summed E-state index contributed by atoms with van der Waals surface area (Å²) in [6.07, 6.45) is 1.53. The number of rotatable bonds is 3. The van der Waals surface area contributed by atoms with Crippen molar-refractivity contribution in [1.29, 1.82) is 0 Å². The highest BCUT2D eigenvalue weighted by atomic mass is 32.2. The second-order valence-electron chi connectivity index (χ2n) is 5.79. The van der Waals surface area contributed by atoms with Crippen molar-refractivity contribution < 1.29 is 19.1 Å². The molecular weight excluding hydrogens is 328 g/mol. The second-order valence-corrected chi connectivity index (χ2v) is 6.86. The lowest BCUT2D eigenvalue weighted by Crippen LogP contribution is -2.36. The number of aliphatic imine (C=N–C) groups is 1. The zero-order valence-corrected chi connectivity index (χ0v) is 14.5. The quantitative estimate of drug-likeness (QED) is 0.786. The zero-order chi connectivity index (χ0) is 17.1. The molecule has 1 saturated heterocycles. The summed E-state index contributed by atoms with van der Waals surface area (Å²) in [5.74, 6) is -0.383. The molecule has 1 amide bonds. The van der Waals surface area contributed by atoms with E-state index < -0.39 is 0 Å². The van der Waals surface area contributed by atoms with Gasteiger partial charge in [0, 0.05) is 13.8 Å². The lowest BCUT2D eigenvalue weighted by molar-refractivity contribution is -0.147. The van der Waals surface area contributed by atoms with Gasteiger partial charge in [-0.25, -0.2) is 0 Å². The summed E-state index contributed by atoms with van der Waals surface area (Å²) in [5, 5.41) is 0.664. The number of carbonyl (C=O) groups is 2. The Hall–Kier alpha value is -1.86. The zero-order valence-electron chi connectivity index (χ0n) is 13.7. The number of esters is 1. The molecule has 0 radical (unpaired) electrons. The molecule has 24 heavy (non-hydrogen) atoms. The van der Waals surface area contributed by atoms with Gasteiger partial charge in [0.25, 0.3) is 0 Å². The van der Waals surface area contributed by atoms with Crippen LogP contribution in [0.2, 0.25) is 0 Å². The first kappa shape index (κ1) is 17.0. The normalized spacial score (nSPS) is 25.6. The molecule has 0 unspecified atom stereocenters. The van der Waals surface area contributed by atoms with Gasteiger partial charge in [0.15, 0.2) is 5.17 Å². The summed E-state index contributed by atoms with van der Waals surface area (Å²) in [7, 11) is 0. The van der Waals surface area contributed by atoms with E-state index in [-0.39, 0.29) is 36.1 Å². The van der Waals surface area contributed by atoms with Gasteiger partial charge in [0.05, 0.1) is 17.8 Å². The summed E-state index contributed by atoms with van der Waals surface area (Å²) in [6.45, 7) is 3.19. The number of fused-ring (bicyclic) bond motifs is 1. The first-order valence-electron chi connectivity index (χ1n) is 7.93. The van der Waals surface area contributed by atoms with Gasteiger partial charge in [0.1, 0.15) is 12.0 Å². The van der Waals surface area contributed by atoms with Gasteiger partial charge in [-0.3, -0.25) is 19.5 Å². The topological polar surface area (TPSA) is 68.2 Å². The van der Waals surface area contributed by atoms with Gasteiger partial charge in [-0.1, -0.05) is 30.0 Å². The van der Waals surface area contributed by atoms with Crippen LogP contribution in [0.5, 0.6) is 0 Å². The van der Waals surface area contributed by atoms with E-state index in [9.17, 15) is 9.59 Å². The van der Waals surface area contributed by atoms with E-state index in [1.165, 1.54) is 25.6 Å². The lowest BCUT2D eigenvalue weighted by atomic mass is 10.1. The number of anilines is 1. The minimum absolute atomic E-state index is 0.0316. The fourth-order valence-electron chi connectivity index (χ4n) is 2.80. The molecule has 2 aliphatic heterocycles. The number of hydrogen-bond acceptors (Lipinski definition) is 6. The number of ether oxygens (including phenoxy) is 2.